The van der Waals surface area contributed by atoms with Crippen LogP contribution in [0.15, 0.2) is 35.5 Å². The molecule has 0 saturated heterocycles. The summed E-state index contributed by atoms with van der Waals surface area (Å²) in [6, 6.07) is 0. The average molecular weight is 1060 g/mol. The molecule has 19 heteroatoms. The van der Waals surface area contributed by atoms with Gasteiger partial charge in [0, 0.05) is 46.3 Å². The van der Waals surface area contributed by atoms with Crippen molar-refractivity contribution in [1.82, 2.24) is 0 Å². The molecule has 0 aromatic carbocycles. The Balaban J connectivity index is 1.00. The van der Waals surface area contributed by atoms with Gasteiger partial charge in [-0.05, 0) is 107 Å². The second-order valence-corrected chi connectivity index (χ2v) is 23.8. The van der Waals surface area contributed by atoms with Crippen LogP contribution in [0.3, 0.4) is 0 Å². The monoisotopic (exact) mass is 1050 g/mol. The molecule has 18 nitrogen and oxygen atoms in total. The molecule has 0 bridgehead atoms. The summed E-state index contributed by atoms with van der Waals surface area (Å²) >= 11 is 0. The molecule has 6 unspecified atom stereocenters. The number of esters is 3. The third kappa shape index (κ3) is 9.19. The predicted octanol–water partition coefficient (Wildman–Crippen LogP) is 4.38. The number of halogens is 1. The first kappa shape index (κ1) is 56.7. The summed E-state index contributed by atoms with van der Waals surface area (Å²) in [5.41, 5.74) is -12.1. The highest BCUT2D eigenvalue weighted by atomic mass is 19.1. The lowest BCUT2D eigenvalue weighted by Gasteiger charge is -2.65. The number of Topliss-reactive ketones (excluding diaryl/α,β-unsaturated/α-hetero) is 1. The lowest BCUT2D eigenvalue weighted by molar-refractivity contribution is -0.252. The van der Waals surface area contributed by atoms with Crippen LogP contribution in [-0.4, -0.2) is 148 Å². The highest BCUT2D eigenvalue weighted by molar-refractivity contribution is 6.01. The zero-order valence-corrected chi connectivity index (χ0v) is 43.6. The summed E-state index contributed by atoms with van der Waals surface area (Å²) in [6.45, 7) is 5.59. The Hall–Kier alpha value is -4.53. The Morgan fingerprint density at radius 1 is 0.747 bits per heavy atom. The fourth-order valence-corrected chi connectivity index (χ4v) is 16.7. The number of fused-ring (bicyclic) bond motifs is 10. The lowest BCUT2D eigenvalue weighted by atomic mass is 9.42. The van der Waals surface area contributed by atoms with Crippen molar-refractivity contribution in [3.63, 3.8) is 0 Å². The first-order chi connectivity index (χ1) is 35.3. The van der Waals surface area contributed by atoms with Crippen molar-refractivity contribution in [3.05, 3.63) is 35.5 Å². The van der Waals surface area contributed by atoms with Crippen molar-refractivity contribution >= 4 is 47.5 Å². The summed E-state index contributed by atoms with van der Waals surface area (Å²) in [5.74, 6) is -7.43. The molecule has 0 radical (unpaired) electrons. The standard InChI is InChI=1S/C56H75FO18/c1-49-15-11-35(59)27-33(49)5-7-37-38-13-17-54(69,51(38,3)29-41(61)47(37)49)43(63)32-75-48(68)53(19-20-58,31-46(67)74-26-24-72-22-21-71-23-25-73-45(66)10-9-44(64)65)55(70)18-14-39-40-8-6-34-28-36(60)12-16-50(34,2)56(40,57)42(62)30-52(39,55)4/h11,15,20,27-28,37-42,47,61-62,69-70H,5-10,12-14,16-19,21-26,29-32H2,1-4H3,(H,64,65)/t37?,38?,39?,40?,41-,42-,47?,49-,50-,51-,52-,53?,54-,55+,56-/m0/s1. The molecule has 0 aromatic heterocycles. The highest BCUT2D eigenvalue weighted by Gasteiger charge is 2.78. The molecule has 0 aliphatic heterocycles. The summed E-state index contributed by atoms with van der Waals surface area (Å²) < 4.78 is 45.4. The van der Waals surface area contributed by atoms with Crippen LogP contribution in [0.1, 0.15) is 130 Å². The van der Waals surface area contributed by atoms with Crippen LogP contribution >= 0.6 is 0 Å². The van der Waals surface area contributed by atoms with E-state index in [1.165, 1.54) is 12.2 Å². The number of aldehydes is 1. The molecule has 8 rings (SSSR count). The molecular formula is C56H75FO18. The highest BCUT2D eigenvalue weighted by Crippen LogP contribution is 2.73. The van der Waals surface area contributed by atoms with Gasteiger partial charge in [-0.1, -0.05) is 44.9 Å². The van der Waals surface area contributed by atoms with Gasteiger partial charge in [0.2, 0.25) is 5.78 Å². The van der Waals surface area contributed by atoms with Gasteiger partial charge >= 0.3 is 23.9 Å². The average Bonchev–Trinajstić information content (AvgIpc) is 3.79. The van der Waals surface area contributed by atoms with Gasteiger partial charge < -0.3 is 54.0 Å². The van der Waals surface area contributed by atoms with Crippen molar-refractivity contribution in [1.29, 1.82) is 0 Å². The molecule has 6 saturated carbocycles. The van der Waals surface area contributed by atoms with Crippen molar-refractivity contribution in [3.8, 4) is 0 Å². The number of ether oxygens (including phenoxy) is 5. The zero-order valence-electron chi connectivity index (χ0n) is 43.6. The molecule has 15 atom stereocenters. The first-order valence-electron chi connectivity index (χ1n) is 26.8. The molecule has 0 aromatic rings. The predicted molar refractivity (Wildman–Crippen MR) is 260 cm³/mol. The van der Waals surface area contributed by atoms with Crippen molar-refractivity contribution in [2.75, 3.05) is 46.2 Å². The van der Waals surface area contributed by atoms with E-state index in [0.717, 1.165) is 5.57 Å². The van der Waals surface area contributed by atoms with Crippen LogP contribution < -0.4 is 0 Å². The number of carboxylic acids is 1. The number of allylic oxidation sites excluding steroid dienone is 5. The van der Waals surface area contributed by atoms with E-state index in [0.29, 0.717) is 37.5 Å². The van der Waals surface area contributed by atoms with Gasteiger partial charge in [0.05, 0.1) is 63.5 Å². The zero-order chi connectivity index (χ0) is 54.6. The van der Waals surface area contributed by atoms with Crippen molar-refractivity contribution < 1.29 is 92.0 Å². The van der Waals surface area contributed by atoms with Gasteiger partial charge in [-0.25, -0.2) is 4.39 Å². The lowest BCUT2D eigenvalue weighted by Crippen LogP contribution is -2.71. The summed E-state index contributed by atoms with van der Waals surface area (Å²) in [6.07, 6.45) is 3.85. The SMILES string of the molecule is C[C@]12C=CC(=O)C=C1CCC1C2[C@@H](O)C[C@@]2(C)C1CC[C@]2(O)C(=O)COC(=O)C(CC=O)(CC(=O)OCCOCCOCCOC(=O)CCC(=O)O)[C@@]1(O)CCC2C3CCC4=CC(=O)CC[C@]4(C)[C@@]3(F)[C@@H](O)C[C@@]21C. The number of carboxylic acid groups (broad SMARTS) is 1. The Morgan fingerprint density at radius 2 is 1.40 bits per heavy atom. The van der Waals surface area contributed by atoms with E-state index < -0.39 is 124 Å². The van der Waals surface area contributed by atoms with Crippen LogP contribution in [-0.2, 0) is 62.0 Å². The minimum Gasteiger partial charge on any atom is -0.481 e. The number of hydrogen-bond acceptors (Lipinski definition) is 17. The van der Waals surface area contributed by atoms with E-state index in [9.17, 15) is 54.0 Å². The number of ketones is 3. The molecule has 6 fully saturated rings. The minimum absolute atomic E-state index is 0.00222. The Morgan fingerprint density at radius 3 is 2.08 bits per heavy atom. The Bertz CT molecular complexity index is 2420. The molecular weight excluding hydrogens is 980 g/mol. The third-order valence-corrected chi connectivity index (χ3v) is 20.6. The van der Waals surface area contributed by atoms with Gasteiger partial charge in [0.25, 0.3) is 0 Å². The maximum absolute atomic E-state index is 18.2. The van der Waals surface area contributed by atoms with Crippen LogP contribution in [0, 0.1) is 56.7 Å². The molecule has 8 aliphatic rings. The van der Waals surface area contributed by atoms with Gasteiger partial charge in [-0.15, -0.1) is 0 Å². The number of carbonyl (C=O) groups is 8. The molecule has 75 heavy (non-hydrogen) atoms. The molecule has 414 valence electrons. The fraction of sp³-hybridized carbons (Fsp3) is 0.750. The van der Waals surface area contributed by atoms with E-state index in [-0.39, 0.29) is 127 Å². The number of alkyl halides is 1. The quantitative estimate of drug-likeness (QED) is 0.0461. The van der Waals surface area contributed by atoms with Crippen LogP contribution in [0.2, 0.25) is 0 Å². The molecule has 8 aliphatic carbocycles. The molecule has 5 N–H and O–H groups in total. The second kappa shape index (κ2) is 21.0. The van der Waals surface area contributed by atoms with Gasteiger partial charge in [-0.2, -0.15) is 0 Å². The number of aliphatic hydroxyl groups is 4. The fourth-order valence-electron chi connectivity index (χ4n) is 16.7. The molecule has 0 heterocycles. The maximum Gasteiger partial charge on any atom is 0.316 e. The van der Waals surface area contributed by atoms with Crippen molar-refractivity contribution in [2.24, 2.45) is 56.7 Å². The summed E-state index contributed by atoms with van der Waals surface area (Å²) in [4.78, 5) is 104. The van der Waals surface area contributed by atoms with Crippen LogP contribution in [0.25, 0.3) is 0 Å². The second-order valence-electron chi connectivity index (χ2n) is 23.8. The molecule has 0 spiro atoms. The van der Waals surface area contributed by atoms with Crippen molar-refractivity contribution in [2.45, 2.75) is 160 Å². The van der Waals surface area contributed by atoms with E-state index in [1.54, 1.807) is 26.8 Å². The maximum atomic E-state index is 18.2. The minimum atomic E-state index is -2.46. The summed E-state index contributed by atoms with van der Waals surface area (Å²) in [5, 5.41) is 58.9. The topological polar surface area (TPSA) is 284 Å². The van der Waals surface area contributed by atoms with E-state index in [1.807, 2.05) is 13.0 Å². The number of rotatable bonds is 21. The van der Waals surface area contributed by atoms with Gasteiger partial charge in [0.1, 0.15) is 36.2 Å². The third-order valence-electron chi connectivity index (χ3n) is 20.6. The summed E-state index contributed by atoms with van der Waals surface area (Å²) in [7, 11) is 0. The number of aliphatic carboxylic acids is 1. The first-order valence-corrected chi connectivity index (χ1v) is 26.8. The van der Waals surface area contributed by atoms with Gasteiger partial charge in [-0.3, -0.25) is 33.6 Å². The van der Waals surface area contributed by atoms with E-state index >= 15 is 9.18 Å². The van der Waals surface area contributed by atoms with Crippen LogP contribution in [0.5, 0.6) is 0 Å². The number of carbonyl (C=O) groups excluding carboxylic acids is 7. The molecule has 0 amide bonds. The largest absolute Gasteiger partial charge is 0.481 e. The normalized spacial score (nSPS) is 40.2. The van der Waals surface area contributed by atoms with E-state index in [2.05, 4.69) is 0 Å². The van der Waals surface area contributed by atoms with E-state index in [4.69, 9.17) is 28.8 Å². The smallest absolute Gasteiger partial charge is 0.316 e. The Labute approximate surface area is 436 Å². The van der Waals surface area contributed by atoms with Gasteiger partial charge in [0.15, 0.2) is 18.2 Å². The van der Waals surface area contributed by atoms with Crippen LogP contribution in [0.4, 0.5) is 4.39 Å². The Kier molecular flexibility index (Phi) is 15.9. The number of aliphatic hydroxyl groups excluding tert-OH is 2. The number of hydrogen-bond donors (Lipinski definition) is 5.